The first kappa shape index (κ1) is 18.6. The highest BCUT2D eigenvalue weighted by Crippen LogP contribution is 2.48. The Kier molecular flexibility index (Phi) is 5.29. The SMILES string of the molecule is CCC1CCC2CC(c3ccc(-c4cc(F)cc(F)c4)c(F)c3)CCC2C1. The summed E-state index contributed by atoms with van der Waals surface area (Å²) in [4.78, 5) is 0. The van der Waals surface area contributed by atoms with Crippen molar-refractivity contribution in [2.45, 2.75) is 57.8 Å². The van der Waals surface area contributed by atoms with Crippen LogP contribution in [-0.4, -0.2) is 0 Å². The van der Waals surface area contributed by atoms with Crippen molar-refractivity contribution in [3.8, 4) is 11.1 Å². The zero-order valence-electron chi connectivity index (χ0n) is 15.9. The van der Waals surface area contributed by atoms with Gasteiger partial charge in [0, 0.05) is 11.6 Å². The molecule has 4 atom stereocenters. The summed E-state index contributed by atoms with van der Waals surface area (Å²) in [5.41, 5.74) is 1.54. The van der Waals surface area contributed by atoms with Crippen molar-refractivity contribution in [2.24, 2.45) is 17.8 Å². The molecule has 0 aliphatic heterocycles. The molecule has 2 aromatic rings. The third kappa shape index (κ3) is 3.93. The van der Waals surface area contributed by atoms with Crippen LogP contribution in [0.25, 0.3) is 11.1 Å². The van der Waals surface area contributed by atoms with Crippen LogP contribution in [0.15, 0.2) is 36.4 Å². The van der Waals surface area contributed by atoms with Crippen molar-refractivity contribution in [1.82, 2.24) is 0 Å². The van der Waals surface area contributed by atoms with Gasteiger partial charge in [-0.25, -0.2) is 13.2 Å². The maximum Gasteiger partial charge on any atom is 0.131 e. The summed E-state index contributed by atoms with van der Waals surface area (Å²) < 4.78 is 41.7. The first-order valence-electron chi connectivity index (χ1n) is 10.3. The van der Waals surface area contributed by atoms with E-state index in [4.69, 9.17) is 0 Å². The molecule has 0 saturated heterocycles. The van der Waals surface area contributed by atoms with Crippen molar-refractivity contribution in [3.05, 3.63) is 59.4 Å². The number of hydrogen-bond acceptors (Lipinski definition) is 0. The van der Waals surface area contributed by atoms with Gasteiger partial charge in [-0.1, -0.05) is 31.9 Å². The van der Waals surface area contributed by atoms with Gasteiger partial charge in [0.1, 0.15) is 17.5 Å². The van der Waals surface area contributed by atoms with Crippen molar-refractivity contribution in [1.29, 1.82) is 0 Å². The number of halogens is 3. The zero-order valence-corrected chi connectivity index (χ0v) is 15.9. The smallest absolute Gasteiger partial charge is 0.131 e. The van der Waals surface area contributed by atoms with E-state index in [2.05, 4.69) is 6.92 Å². The normalized spacial score (nSPS) is 28.0. The molecule has 2 aliphatic rings. The Morgan fingerprint density at radius 2 is 1.52 bits per heavy atom. The zero-order chi connectivity index (χ0) is 19.0. The van der Waals surface area contributed by atoms with E-state index >= 15 is 0 Å². The lowest BCUT2D eigenvalue weighted by Crippen LogP contribution is -2.30. The Balaban J connectivity index is 1.51. The fourth-order valence-corrected chi connectivity index (χ4v) is 5.39. The van der Waals surface area contributed by atoms with Crippen LogP contribution in [-0.2, 0) is 0 Å². The average Bonchev–Trinajstić information content (AvgIpc) is 2.66. The van der Waals surface area contributed by atoms with Gasteiger partial charge >= 0.3 is 0 Å². The van der Waals surface area contributed by atoms with Gasteiger partial charge < -0.3 is 0 Å². The van der Waals surface area contributed by atoms with Crippen LogP contribution in [0, 0.1) is 35.2 Å². The number of rotatable bonds is 3. The summed E-state index contributed by atoms with van der Waals surface area (Å²) in [5, 5.41) is 0. The maximum absolute atomic E-state index is 14.7. The third-order valence-electron chi connectivity index (χ3n) is 6.94. The standard InChI is InChI=1S/C24H27F3/c1-2-15-3-4-17-10-18(6-5-16(17)9-15)19-7-8-23(24(27)13-19)20-11-21(25)14-22(26)12-20/h7-8,11-18H,2-6,9-10H2,1H3. The second-order valence-corrected chi connectivity index (χ2v) is 8.51. The molecule has 4 rings (SSSR count). The highest BCUT2D eigenvalue weighted by molar-refractivity contribution is 5.64. The molecule has 0 N–H and O–H groups in total. The van der Waals surface area contributed by atoms with Crippen molar-refractivity contribution >= 4 is 0 Å². The molecule has 4 unspecified atom stereocenters. The van der Waals surface area contributed by atoms with Crippen molar-refractivity contribution in [3.63, 3.8) is 0 Å². The van der Waals surface area contributed by atoms with E-state index in [0.29, 0.717) is 5.92 Å². The fourth-order valence-electron chi connectivity index (χ4n) is 5.39. The van der Waals surface area contributed by atoms with Gasteiger partial charge in [-0.2, -0.15) is 0 Å². The monoisotopic (exact) mass is 372 g/mol. The van der Waals surface area contributed by atoms with Gasteiger partial charge in [0.2, 0.25) is 0 Å². The molecule has 2 aromatic carbocycles. The highest BCUT2D eigenvalue weighted by atomic mass is 19.1. The van der Waals surface area contributed by atoms with E-state index in [1.165, 1.54) is 44.2 Å². The van der Waals surface area contributed by atoms with Crippen LogP contribution in [0.4, 0.5) is 13.2 Å². The summed E-state index contributed by atoms with van der Waals surface area (Å²) in [6.45, 7) is 2.30. The van der Waals surface area contributed by atoms with Gasteiger partial charge in [0.05, 0.1) is 0 Å². The van der Waals surface area contributed by atoms with Gasteiger partial charge in [0.25, 0.3) is 0 Å². The molecule has 0 aromatic heterocycles. The van der Waals surface area contributed by atoms with Gasteiger partial charge in [-0.05, 0) is 85.1 Å². The van der Waals surface area contributed by atoms with E-state index in [-0.39, 0.29) is 11.1 Å². The molecule has 0 bridgehead atoms. The predicted molar refractivity (Wildman–Crippen MR) is 103 cm³/mol. The molecule has 0 amide bonds. The predicted octanol–water partition coefficient (Wildman–Crippen LogP) is 7.48. The van der Waals surface area contributed by atoms with E-state index in [0.717, 1.165) is 42.2 Å². The minimum absolute atomic E-state index is 0.248. The Morgan fingerprint density at radius 1 is 0.815 bits per heavy atom. The van der Waals surface area contributed by atoms with Crippen LogP contribution in [0.2, 0.25) is 0 Å². The van der Waals surface area contributed by atoms with Crippen molar-refractivity contribution in [2.75, 3.05) is 0 Å². The van der Waals surface area contributed by atoms with Gasteiger partial charge in [-0.3, -0.25) is 0 Å². The van der Waals surface area contributed by atoms with Crippen LogP contribution >= 0.6 is 0 Å². The average molecular weight is 372 g/mol. The molecule has 0 heterocycles. The number of hydrogen-bond donors (Lipinski definition) is 0. The summed E-state index contributed by atoms with van der Waals surface area (Å²) >= 11 is 0. The van der Waals surface area contributed by atoms with E-state index in [1.807, 2.05) is 6.07 Å². The number of fused-ring (bicyclic) bond motifs is 1. The Labute approximate surface area is 159 Å². The molecule has 2 saturated carbocycles. The first-order valence-corrected chi connectivity index (χ1v) is 10.3. The van der Waals surface area contributed by atoms with E-state index < -0.39 is 17.5 Å². The van der Waals surface area contributed by atoms with Crippen LogP contribution < -0.4 is 0 Å². The largest absolute Gasteiger partial charge is 0.207 e. The lowest BCUT2D eigenvalue weighted by Gasteiger charge is -2.42. The summed E-state index contributed by atoms with van der Waals surface area (Å²) in [5.74, 6) is 1.15. The molecule has 144 valence electrons. The quantitative estimate of drug-likeness (QED) is 0.524. The molecule has 2 fully saturated rings. The van der Waals surface area contributed by atoms with Crippen LogP contribution in [0.5, 0.6) is 0 Å². The molecule has 3 heteroatoms. The molecule has 27 heavy (non-hydrogen) atoms. The van der Waals surface area contributed by atoms with E-state index in [1.54, 1.807) is 12.1 Å². The third-order valence-corrected chi connectivity index (χ3v) is 6.94. The lowest BCUT2D eigenvalue weighted by molar-refractivity contribution is 0.116. The van der Waals surface area contributed by atoms with Gasteiger partial charge in [-0.15, -0.1) is 0 Å². The molecule has 0 nitrogen and oxygen atoms in total. The Hall–Kier alpha value is -1.77. The molecule has 0 radical (unpaired) electrons. The van der Waals surface area contributed by atoms with E-state index in [9.17, 15) is 13.2 Å². The van der Waals surface area contributed by atoms with Crippen molar-refractivity contribution < 1.29 is 13.2 Å². The topological polar surface area (TPSA) is 0 Å². The summed E-state index contributed by atoms with van der Waals surface area (Å²) in [6.07, 6.45) is 8.81. The Morgan fingerprint density at radius 3 is 2.22 bits per heavy atom. The highest BCUT2D eigenvalue weighted by Gasteiger charge is 2.35. The minimum atomic E-state index is -0.686. The lowest BCUT2D eigenvalue weighted by atomic mass is 9.63. The summed E-state index contributed by atoms with van der Waals surface area (Å²) in [7, 11) is 0. The fraction of sp³-hybridized carbons (Fsp3) is 0.500. The van der Waals surface area contributed by atoms with Crippen LogP contribution in [0.3, 0.4) is 0 Å². The number of benzene rings is 2. The minimum Gasteiger partial charge on any atom is -0.207 e. The molecular weight excluding hydrogens is 345 g/mol. The molecular formula is C24H27F3. The van der Waals surface area contributed by atoms with Gasteiger partial charge in [0.15, 0.2) is 0 Å². The second kappa shape index (κ2) is 7.69. The Bertz CT molecular complexity index is 793. The molecule has 0 spiro atoms. The molecule has 2 aliphatic carbocycles. The first-order chi connectivity index (χ1) is 13.0. The summed E-state index contributed by atoms with van der Waals surface area (Å²) in [6, 6.07) is 8.38. The maximum atomic E-state index is 14.7. The second-order valence-electron chi connectivity index (χ2n) is 8.51. The van der Waals surface area contributed by atoms with Crippen LogP contribution in [0.1, 0.15) is 63.4 Å².